The topological polar surface area (TPSA) is 134 Å². The maximum Gasteiger partial charge on any atom is 0.408 e. The van der Waals surface area contributed by atoms with Gasteiger partial charge in [0.25, 0.3) is 0 Å². The molecule has 3 N–H and O–H groups in total. The molecule has 10 heteroatoms. The number of rotatable bonds is 14. The van der Waals surface area contributed by atoms with Crippen molar-refractivity contribution in [1.82, 2.24) is 15.5 Å². The van der Waals surface area contributed by atoms with Crippen molar-refractivity contribution in [2.45, 2.75) is 124 Å². The van der Waals surface area contributed by atoms with Crippen molar-refractivity contribution in [3.05, 3.63) is 71.3 Å². The van der Waals surface area contributed by atoms with Crippen molar-refractivity contribution >= 4 is 23.9 Å². The highest BCUT2D eigenvalue weighted by molar-refractivity contribution is 5.94. The molecule has 260 valence electrons. The summed E-state index contributed by atoms with van der Waals surface area (Å²) in [6, 6.07) is 12.4. The Bertz CT molecular complexity index is 1330. The van der Waals surface area contributed by atoms with Crippen LogP contribution >= 0.6 is 0 Å². The minimum Gasteiger partial charge on any atom is -0.458 e. The van der Waals surface area contributed by atoms with Gasteiger partial charge in [-0.25, -0.2) is 9.59 Å². The lowest BCUT2D eigenvalue weighted by atomic mass is 9.96. The molecule has 2 aromatic carbocycles. The first kappa shape index (κ1) is 39.3. The number of aliphatic hydroxyl groups is 1. The Morgan fingerprint density at radius 2 is 1.43 bits per heavy atom. The van der Waals surface area contributed by atoms with Crippen LogP contribution < -0.4 is 10.6 Å². The molecule has 0 saturated heterocycles. The van der Waals surface area contributed by atoms with E-state index in [4.69, 9.17) is 9.47 Å². The van der Waals surface area contributed by atoms with Gasteiger partial charge in [0.1, 0.15) is 29.3 Å². The Kier molecular flexibility index (Phi) is 14.4. The molecule has 2 aromatic rings. The summed E-state index contributed by atoms with van der Waals surface area (Å²) in [5, 5.41) is 15.7. The van der Waals surface area contributed by atoms with Crippen LogP contribution in [0.15, 0.2) is 54.6 Å². The van der Waals surface area contributed by atoms with E-state index in [9.17, 15) is 24.3 Å². The molecule has 4 unspecified atom stereocenters. The third kappa shape index (κ3) is 13.4. The number of aryl methyl sites for hydroxylation is 1. The van der Waals surface area contributed by atoms with Crippen LogP contribution in [0.3, 0.4) is 0 Å². The number of nitrogens with zero attached hydrogens (tertiary/aromatic N) is 1. The minimum absolute atomic E-state index is 0.165. The van der Waals surface area contributed by atoms with Gasteiger partial charge in [0.15, 0.2) is 0 Å². The van der Waals surface area contributed by atoms with E-state index in [1.165, 1.54) is 4.90 Å². The molecular formula is C37H55N3O7. The van der Waals surface area contributed by atoms with Crippen LogP contribution in [0.2, 0.25) is 0 Å². The highest BCUT2D eigenvalue weighted by atomic mass is 16.6. The molecule has 0 aliphatic carbocycles. The Labute approximate surface area is 280 Å². The fraction of sp³-hybridized carbons (Fsp3) is 0.568. The molecule has 0 heterocycles. The molecule has 2 rings (SSSR count). The van der Waals surface area contributed by atoms with Gasteiger partial charge < -0.3 is 30.1 Å². The molecule has 4 atom stereocenters. The second-order valence-electron chi connectivity index (χ2n) is 14.5. The van der Waals surface area contributed by atoms with Gasteiger partial charge >= 0.3 is 12.1 Å². The second kappa shape index (κ2) is 17.3. The zero-order valence-electron chi connectivity index (χ0n) is 29.8. The van der Waals surface area contributed by atoms with E-state index in [1.54, 1.807) is 53.7 Å². The SMILES string of the molecule is Cc1cccc(C(C(=O)NC(Cc2ccccc2)C(=O)OC(C)(C)C)N(C(=O)C(CO)NC(=O)OC(C)(C)C)C(C)CCC(C)C)c1. The van der Waals surface area contributed by atoms with Crippen molar-refractivity contribution in [3.63, 3.8) is 0 Å². The summed E-state index contributed by atoms with van der Waals surface area (Å²) in [5.74, 6) is -1.55. The molecule has 0 aliphatic heterocycles. The monoisotopic (exact) mass is 653 g/mol. The van der Waals surface area contributed by atoms with Crippen LogP contribution in [-0.2, 0) is 30.3 Å². The molecule has 3 amide bonds. The van der Waals surface area contributed by atoms with Gasteiger partial charge in [-0.1, -0.05) is 74.0 Å². The molecule has 0 spiro atoms. The van der Waals surface area contributed by atoms with Crippen LogP contribution in [0, 0.1) is 12.8 Å². The summed E-state index contributed by atoms with van der Waals surface area (Å²) >= 11 is 0. The number of benzene rings is 2. The summed E-state index contributed by atoms with van der Waals surface area (Å²) < 4.78 is 11.1. The highest BCUT2D eigenvalue weighted by Crippen LogP contribution is 2.29. The lowest BCUT2D eigenvalue weighted by Crippen LogP contribution is -2.58. The van der Waals surface area contributed by atoms with Crippen molar-refractivity contribution < 1.29 is 33.8 Å². The first-order chi connectivity index (χ1) is 21.8. The molecule has 0 aliphatic rings. The van der Waals surface area contributed by atoms with Crippen LogP contribution in [-0.4, -0.2) is 69.8 Å². The first-order valence-electron chi connectivity index (χ1n) is 16.4. The predicted octanol–water partition coefficient (Wildman–Crippen LogP) is 5.64. The van der Waals surface area contributed by atoms with Crippen molar-refractivity contribution in [3.8, 4) is 0 Å². The Morgan fingerprint density at radius 3 is 1.96 bits per heavy atom. The third-order valence-corrected chi connectivity index (χ3v) is 7.24. The number of ether oxygens (including phenoxy) is 2. The number of carbonyl (C=O) groups is 4. The Morgan fingerprint density at radius 1 is 0.809 bits per heavy atom. The fourth-order valence-electron chi connectivity index (χ4n) is 5.07. The van der Waals surface area contributed by atoms with Crippen LogP contribution in [0.25, 0.3) is 0 Å². The Balaban J connectivity index is 2.65. The number of hydrogen-bond donors (Lipinski definition) is 3. The minimum atomic E-state index is -1.39. The summed E-state index contributed by atoms with van der Waals surface area (Å²) in [5.41, 5.74) is 0.555. The maximum absolute atomic E-state index is 14.5. The smallest absolute Gasteiger partial charge is 0.408 e. The van der Waals surface area contributed by atoms with Crippen LogP contribution in [0.5, 0.6) is 0 Å². The van der Waals surface area contributed by atoms with E-state index in [2.05, 4.69) is 24.5 Å². The molecule has 0 fully saturated rings. The largest absolute Gasteiger partial charge is 0.458 e. The predicted molar refractivity (Wildman–Crippen MR) is 182 cm³/mol. The number of alkyl carbamates (subject to hydrolysis) is 1. The van der Waals surface area contributed by atoms with Crippen LogP contribution in [0.1, 0.15) is 97.9 Å². The van der Waals surface area contributed by atoms with Gasteiger partial charge in [0.2, 0.25) is 11.8 Å². The number of amides is 3. The first-order valence-corrected chi connectivity index (χ1v) is 16.4. The summed E-state index contributed by atoms with van der Waals surface area (Å²) in [6.45, 7) is 17.5. The van der Waals surface area contributed by atoms with Gasteiger partial charge in [-0.3, -0.25) is 9.59 Å². The lowest BCUT2D eigenvalue weighted by molar-refractivity contribution is -0.159. The fourth-order valence-corrected chi connectivity index (χ4v) is 5.07. The van der Waals surface area contributed by atoms with E-state index >= 15 is 0 Å². The number of hydrogen-bond acceptors (Lipinski definition) is 7. The molecule has 10 nitrogen and oxygen atoms in total. The van der Waals surface area contributed by atoms with Crippen LogP contribution in [0.4, 0.5) is 4.79 Å². The average Bonchev–Trinajstić information content (AvgIpc) is 2.95. The number of esters is 1. The molecule has 0 radical (unpaired) electrons. The normalized spacial score (nSPS) is 14.4. The van der Waals surface area contributed by atoms with E-state index in [-0.39, 0.29) is 6.42 Å². The van der Waals surface area contributed by atoms with Gasteiger partial charge in [0, 0.05) is 12.5 Å². The van der Waals surface area contributed by atoms with Gasteiger partial charge in [0.05, 0.1) is 6.61 Å². The summed E-state index contributed by atoms with van der Waals surface area (Å²) in [4.78, 5) is 56.6. The van der Waals surface area contributed by atoms with Crippen molar-refractivity contribution in [2.75, 3.05) is 6.61 Å². The van der Waals surface area contributed by atoms with Gasteiger partial charge in [-0.05, 0) is 85.3 Å². The van der Waals surface area contributed by atoms with Crippen molar-refractivity contribution in [1.29, 1.82) is 0 Å². The average molecular weight is 654 g/mol. The molecule has 0 aromatic heterocycles. The van der Waals surface area contributed by atoms with Gasteiger partial charge in [-0.15, -0.1) is 0 Å². The molecule has 47 heavy (non-hydrogen) atoms. The standard InChI is InChI=1S/C37H55N3O7/c1-24(2)19-20-26(4)40(33(43)30(23-41)39-35(45)47-37(8,9)10)31(28-18-14-15-25(3)21-28)32(42)38-29(34(44)46-36(5,6)7)22-27-16-12-11-13-17-27/h11-18,21,24,26,29-31,41H,19-20,22-23H2,1-10H3,(H,38,42)(H,39,45). The zero-order chi connectivity index (χ0) is 35.5. The third-order valence-electron chi connectivity index (χ3n) is 7.24. The lowest BCUT2D eigenvalue weighted by Gasteiger charge is -2.39. The molecule has 0 saturated carbocycles. The summed E-state index contributed by atoms with van der Waals surface area (Å²) in [7, 11) is 0. The highest BCUT2D eigenvalue weighted by Gasteiger charge is 2.40. The number of aliphatic hydroxyl groups excluding tert-OH is 1. The number of carbonyl (C=O) groups excluding carboxylic acids is 4. The van der Waals surface area contributed by atoms with Crippen molar-refractivity contribution in [2.24, 2.45) is 5.92 Å². The van der Waals surface area contributed by atoms with E-state index in [1.807, 2.05) is 56.3 Å². The van der Waals surface area contributed by atoms with E-state index in [0.29, 0.717) is 17.9 Å². The van der Waals surface area contributed by atoms with Gasteiger partial charge in [-0.2, -0.15) is 0 Å². The quantitative estimate of drug-likeness (QED) is 0.225. The Hall–Kier alpha value is -3.92. The second-order valence-corrected chi connectivity index (χ2v) is 14.5. The van der Waals surface area contributed by atoms with E-state index < -0.39 is 65.9 Å². The van der Waals surface area contributed by atoms with E-state index in [0.717, 1.165) is 17.5 Å². The zero-order valence-corrected chi connectivity index (χ0v) is 29.8. The number of nitrogens with one attached hydrogen (secondary N) is 2. The molecule has 0 bridgehead atoms. The maximum atomic E-state index is 14.5. The molecular weight excluding hydrogens is 598 g/mol. The summed E-state index contributed by atoms with van der Waals surface area (Å²) in [6.07, 6.45) is 0.593.